The van der Waals surface area contributed by atoms with E-state index >= 15 is 0 Å². The molecule has 0 N–H and O–H groups in total. The lowest BCUT2D eigenvalue weighted by molar-refractivity contribution is -0.137. The van der Waals surface area contributed by atoms with Gasteiger partial charge < -0.3 is 4.74 Å². The van der Waals surface area contributed by atoms with Gasteiger partial charge in [0.15, 0.2) is 0 Å². The van der Waals surface area contributed by atoms with Crippen molar-refractivity contribution in [1.29, 1.82) is 0 Å². The Hall–Kier alpha value is -1.87. The molecule has 0 saturated carbocycles. The van der Waals surface area contributed by atoms with Crippen molar-refractivity contribution in [3.63, 3.8) is 0 Å². The van der Waals surface area contributed by atoms with Crippen molar-refractivity contribution >= 4 is 17.6 Å². The number of ether oxygens (including phenoxy) is 1. The maximum atomic E-state index is 12.4. The molecular weight excluding hydrogens is 274 g/mol. The number of nitrogens with zero attached hydrogens (tertiary/aromatic N) is 1. The Kier molecular flexibility index (Phi) is 4.74. The zero-order valence-corrected chi connectivity index (χ0v) is 12.2. The van der Waals surface area contributed by atoms with Crippen molar-refractivity contribution in [2.45, 2.75) is 19.8 Å². The van der Waals surface area contributed by atoms with Crippen molar-refractivity contribution in [1.82, 2.24) is 4.98 Å². The highest BCUT2D eigenvalue weighted by Crippen LogP contribution is 2.27. The van der Waals surface area contributed by atoms with Gasteiger partial charge in [-0.1, -0.05) is 37.6 Å². The van der Waals surface area contributed by atoms with Gasteiger partial charge in [-0.3, -0.25) is 9.78 Å². The molecule has 0 aliphatic rings. The highest BCUT2D eigenvalue weighted by Gasteiger charge is 2.26. The van der Waals surface area contributed by atoms with Crippen molar-refractivity contribution < 1.29 is 9.53 Å². The van der Waals surface area contributed by atoms with E-state index < -0.39 is 0 Å². The minimum absolute atomic E-state index is 0.125. The number of benzene rings is 1. The summed E-state index contributed by atoms with van der Waals surface area (Å²) < 4.78 is 5.39. The summed E-state index contributed by atoms with van der Waals surface area (Å²) in [6.07, 6.45) is 3.16. The molecule has 1 aromatic heterocycles. The second-order valence-electron chi connectivity index (χ2n) is 4.88. The molecule has 0 amide bonds. The minimum Gasteiger partial charge on any atom is -0.424 e. The average molecular weight is 290 g/mol. The third kappa shape index (κ3) is 3.58. The SMILES string of the molecule is CC(C)C(C(=O)Oc1cccnc1)c1ccc(Cl)cc1. The van der Waals surface area contributed by atoms with Gasteiger partial charge in [0.05, 0.1) is 12.1 Å². The van der Waals surface area contributed by atoms with Crippen molar-refractivity contribution in [2.24, 2.45) is 5.92 Å². The van der Waals surface area contributed by atoms with Crippen LogP contribution in [0.2, 0.25) is 5.02 Å². The lowest BCUT2D eigenvalue weighted by Gasteiger charge is -2.19. The fourth-order valence-electron chi connectivity index (χ4n) is 2.05. The predicted molar refractivity (Wildman–Crippen MR) is 78.9 cm³/mol. The van der Waals surface area contributed by atoms with Gasteiger partial charge in [0, 0.05) is 11.2 Å². The van der Waals surface area contributed by atoms with Crippen LogP contribution in [-0.2, 0) is 4.79 Å². The van der Waals surface area contributed by atoms with Gasteiger partial charge >= 0.3 is 5.97 Å². The molecule has 0 radical (unpaired) electrons. The van der Waals surface area contributed by atoms with Gasteiger partial charge in [-0.05, 0) is 35.7 Å². The summed E-state index contributed by atoms with van der Waals surface area (Å²) in [5, 5.41) is 0.650. The first-order chi connectivity index (χ1) is 9.58. The van der Waals surface area contributed by atoms with Crippen LogP contribution in [0.3, 0.4) is 0 Å². The average Bonchev–Trinajstić information content (AvgIpc) is 2.42. The summed E-state index contributed by atoms with van der Waals surface area (Å²) in [6.45, 7) is 3.98. The second kappa shape index (κ2) is 6.53. The first-order valence-electron chi connectivity index (χ1n) is 6.45. The number of pyridine rings is 1. The molecule has 1 heterocycles. The van der Waals surface area contributed by atoms with Crippen LogP contribution in [0.25, 0.3) is 0 Å². The quantitative estimate of drug-likeness (QED) is 0.796. The van der Waals surface area contributed by atoms with Crippen LogP contribution in [0, 0.1) is 5.92 Å². The molecule has 1 aromatic carbocycles. The van der Waals surface area contributed by atoms with Crippen LogP contribution in [0.1, 0.15) is 25.3 Å². The molecule has 0 aliphatic heterocycles. The second-order valence-corrected chi connectivity index (χ2v) is 5.32. The van der Waals surface area contributed by atoms with Crippen molar-refractivity contribution in [3.05, 3.63) is 59.4 Å². The van der Waals surface area contributed by atoms with Crippen molar-refractivity contribution in [2.75, 3.05) is 0 Å². The zero-order valence-electron chi connectivity index (χ0n) is 11.4. The monoisotopic (exact) mass is 289 g/mol. The summed E-state index contributed by atoms with van der Waals surface area (Å²) in [5.41, 5.74) is 0.901. The molecule has 2 rings (SSSR count). The standard InChI is InChI=1S/C16H16ClNO2/c1-11(2)15(12-5-7-13(17)8-6-12)16(19)20-14-4-3-9-18-10-14/h3-11,15H,1-2H3. The number of carbonyl (C=O) groups excluding carboxylic acids is 1. The molecule has 4 heteroatoms. The van der Waals surface area contributed by atoms with E-state index in [0.717, 1.165) is 5.56 Å². The predicted octanol–water partition coefficient (Wildman–Crippen LogP) is 4.08. The molecule has 0 aliphatic carbocycles. The van der Waals surface area contributed by atoms with E-state index in [-0.39, 0.29) is 17.8 Å². The lowest BCUT2D eigenvalue weighted by atomic mass is 9.88. The number of esters is 1. The summed E-state index contributed by atoms with van der Waals surface area (Å²) in [6, 6.07) is 10.7. The normalized spacial score (nSPS) is 12.2. The van der Waals surface area contributed by atoms with Crippen LogP contribution in [-0.4, -0.2) is 11.0 Å². The maximum Gasteiger partial charge on any atom is 0.319 e. The number of hydrogen-bond acceptors (Lipinski definition) is 3. The Balaban J connectivity index is 2.20. The fourth-order valence-corrected chi connectivity index (χ4v) is 2.18. The molecule has 20 heavy (non-hydrogen) atoms. The van der Waals surface area contributed by atoms with E-state index in [2.05, 4.69) is 4.98 Å². The minimum atomic E-state index is -0.326. The molecule has 104 valence electrons. The highest BCUT2D eigenvalue weighted by molar-refractivity contribution is 6.30. The molecule has 0 bridgehead atoms. The van der Waals surface area contributed by atoms with E-state index in [1.165, 1.54) is 6.20 Å². The van der Waals surface area contributed by atoms with Crippen LogP contribution in [0.5, 0.6) is 5.75 Å². The van der Waals surface area contributed by atoms with Crippen LogP contribution < -0.4 is 4.74 Å². The molecule has 0 saturated heterocycles. The number of aromatic nitrogens is 1. The van der Waals surface area contributed by atoms with Gasteiger partial charge in [0.25, 0.3) is 0 Å². The molecule has 2 aromatic rings. The number of halogens is 1. The Labute approximate surface area is 123 Å². The van der Waals surface area contributed by atoms with E-state index in [0.29, 0.717) is 10.8 Å². The van der Waals surface area contributed by atoms with Crippen LogP contribution in [0.4, 0.5) is 0 Å². The zero-order chi connectivity index (χ0) is 14.5. The topological polar surface area (TPSA) is 39.2 Å². The third-order valence-corrected chi connectivity index (χ3v) is 3.25. The Morgan fingerprint density at radius 1 is 1.20 bits per heavy atom. The molecule has 0 fully saturated rings. The Bertz CT molecular complexity index is 567. The van der Waals surface area contributed by atoms with Gasteiger partial charge in [0.2, 0.25) is 0 Å². The Morgan fingerprint density at radius 2 is 1.90 bits per heavy atom. The number of rotatable bonds is 4. The van der Waals surface area contributed by atoms with Crippen LogP contribution >= 0.6 is 11.6 Å². The third-order valence-electron chi connectivity index (χ3n) is 3.00. The van der Waals surface area contributed by atoms with Crippen LogP contribution in [0.15, 0.2) is 48.8 Å². The van der Waals surface area contributed by atoms with E-state index in [4.69, 9.17) is 16.3 Å². The van der Waals surface area contributed by atoms with E-state index in [9.17, 15) is 4.79 Å². The van der Waals surface area contributed by atoms with Gasteiger partial charge in [0.1, 0.15) is 5.75 Å². The van der Waals surface area contributed by atoms with Gasteiger partial charge in [-0.15, -0.1) is 0 Å². The lowest BCUT2D eigenvalue weighted by Crippen LogP contribution is -2.23. The molecule has 3 nitrogen and oxygen atoms in total. The number of hydrogen-bond donors (Lipinski definition) is 0. The summed E-state index contributed by atoms with van der Waals surface area (Å²) in [4.78, 5) is 16.3. The first kappa shape index (κ1) is 14.5. The largest absolute Gasteiger partial charge is 0.424 e. The first-order valence-corrected chi connectivity index (χ1v) is 6.83. The summed E-state index contributed by atoms with van der Waals surface area (Å²) >= 11 is 5.88. The number of carbonyl (C=O) groups is 1. The van der Waals surface area contributed by atoms with Gasteiger partial charge in [-0.25, -0.2) is 0 Å². The smallest absolute Gasteiger partial charge is 0.319 e. The Morgan fingerprint density at radius 3 is 2.45 bits per heavy atom. The fraction of sp³-hybridized carbons (Fsp3) is 0.250. The maximum absolute atomic E-state index is 12.4. The summed E-state index contributed by atoms with van der Waals surface area (Å²) in [7, 11) is 0. The molecule has 1 unspecified atom stereocenters. The van der Waals surface area contributed by atoms with E-state index in [1.54, 1.807) is 30.5 Å². The summed E-state index contributed by atoms with van der Waals surface area (Å²) in [5.74, 6) is -0.0275. The highest BCUT2D eigenvalue weighted by atomic mass is 35.5. The molecular formula is C16H16ClNO2. The molecule has 1 atom stereocenters. The molecule has 0 spiro atoms. The van der Waals surface area contributed by atoms with Crippen molar-refractivity contribution in [3.8, 4) is 5.75 Å². The van der Waals surface area contributed by atoms with Gasteiger partial charge in [-0.2, -0.15) is 0 Å². The van der Waals surface area contributed by atoms with E-state index in [1.807, 2.05) is 26.0 Å².